The smallest absolute Gasteiger partial charge is 0.229 e. The summed E-state index contributed by atoms with van der Waals surface area (Å²) in [5.41, 5.74) is 4.02. The Bertz CT molecular complexity index is 1210. The summed E-state index contributed by atoms with van der Waals surface area (Å²) >= 11 is 5.70. The predicted octanol–water partition coefficient (Wildman–Crippen LogP) is 3.28. The van der Waals surface area contributed by atoms with Crippen molar-refractivity contribution >= 4 is 38.7 Å². The average Bonchev–Trinajstić information content (AvgIpc) is 3.30. The minimum Gasteiger partial charge on any atom is -0.494 e. The number of methoxy groups -OCH3 is 1. The lowest BCUT2D eigenvalue weighted by atomic mass is 10.0. The molecule has 0 spiro atoms. The predicted molar refractivity (Wildman–Crippen MR) is 125 cm³/mol. The van der Waals surface area contributed by atoms with Crippen molar-refractivity contribution < 1.29 is 13.2 Å². The molecule has 0 bridgehead atoms. The van der Waals surface area contributed by atoms with Crippen LogP contribution >= 0.6 is 12.2 Å². The molecule has 1 aliphatic heterocycles. The molecule has 3 heterocycles. The zero-order valence-corrected chi connectivity index (χ0v) is 18.9. The Hall–Kier alpha value is -3.11. The highest BCUT2D eigenvalue weighted by Crippen LogP contribution is 2.42. The van der Waals surface area contributed by atoms with E-state index in [1.165, 1.54) is 7.11 Å². The lowest BCUT2D eigenvalue weighted by molar-refractivity contribution is 0.417. The van der Waals surface area contributed by atoms with E-state index in [0.29, 0.717) is 16.5 Å². The van der Waals surface area contributed by atoms with Gasteiger partial charge in [-0.3, -0.25) is 9.71 Å². The van der Waals surface area contributed by atoms with E-state index in [4.69, 9.17) is 17.0 Å². The number of thiocarbonyl (C=S) groups is 1. The Balaban J connectivity index is 1.79. The number of pyridine rings is 1. The quantitative estimate of drug-likeness (QED) is 0.489. The van der Waals surface area contributed by atoms with E-state index in [0.717, 1.165) is 29.0 Å². The number of nitrogens with one attached hydrogen (secondary N) is 3. The van der Waals surface area contributed by atoms with Crippen molar-refractivity contribution in [2.45, 2.75) is 19.0 Å². The van der Waals surface area contributed by atoms with Crippen LogP contribution in [-0.4, -0.2) is 36.9 Å². The topological polar surface area (TPSA) is 99.3 Å². The fourth-order valence-corrected chi connectivity index (χ4v) is 4.68. The van der Waals surface area contributed by atoms with Gasteiger partial charge >= 0.3 is 0 Å². The summed E-state index contributed by atoms with van der Waals surface area (Å²) < 4.78 is 31.3. The minimum atomic E-state index is -3.44. The highest BCUT2D eigenvalue weighted by Gasteiger charge is 2.41. The number of ether oxygens (including phenoxy) is 1. The summed E-state index contributed by atoms with van der Waals surface area (Å²) in [6.45, 7) is 2.00. The van der Waals surface area contributed by atoms with Crippen molar-refractivity contribution in [3.63, 3.8) is 0 Å². The first-order chi connectivity index (χ1) is 14.8. The van der Waals surface area contributed by atoms with E-state index in [-0.39, 0.29) is 12.1 Å². The molecule has 10 heteroatoms. The van der Waals surface area contributed by atoms with E-state index in [1.54, 1.807) is 18.3 Å². The monoisotopic (exact) mass is 457 g/mol. The Morgan fingerprint density at radius 1 is 1.19 bits per heavy atom. The first-order valence-corrected chi connectivity index (χ1v) is 11.9. The standard InChI is InChI=1S/C21H23N5O3S2/c1-13-7-9-17(23-13)20-19(16-6-4-5-11-22-16)24-21(30)26(20)14-8-10-15(18(12-14)29-2)25-31(3,27)28/h4-12,19-20,23,25H,1-3H3,(H,24,30). The zero-order valence-electron chi connectivity index (χ0n) is 17.3. The number of hydrogen-bond donors (Lipinski definition) is 3. The van der Waals surface area contributed by atoms with Gasteiger partial charge in [-0.25, -0.2) is 8.42 Å². The number of H-pyrrole nitrogens is 1. The number of aromatic nitrogens is 2. The van der Waals surface area contributed by atoms with E-state index in [2.05, 4.69) is 20.0 Å². The molecule has 2 atom stereocenters. The number of anilines is 2. The van der Waals surface area contributed by atoms with Crippen LogP contribution in [0.2, 0.25) is 0 Å². The number of rotatable bonds is 6. The summed E-state index contributed by atoms with van der Waals surface area (Å²) in [6, 6.07) is 14.7. The minimum absolute atomic E-state index is 0.174. The van der Waals surface area contributed by atoms with Crippen LogP contribution < -0.4 is 19.7 Å². The average molecular weight is 458 g/mol. The van der Waals surface area contributed by atoms with Gasteiger partial charge in [0.1, 0.15) is 11.8 Å². The molecule has 0 amide bonds. The second-order valence-electron chi connectivity index (χ2n) is 7.35. The van der Waals surface area contributed by atoms with Gasteiger partial charge < -0.3 is 19.9 Å². The molecule has 0 aliphatic carbocycles. The van der Waals surface area contributed by atoms with Crippen LogP contribution in [0.15, 0.2) is 54.7 Å². The van der Waals surface area contributed by atoms with Crippen LogP contribution in [0, 0.1) is 6.92 Å². The van der Waals surface area contributed by atoms with Gasteiger partial charge in [-0.2, -0.15) is 0 Å². The first kappa shape index (κ1) is 21.1. The van der Waals surface area contributed by atoms with Crippen LogP contribution in [-0.2, 0) is 10.0 Å². The molecular weight excluding hydrogens is 434 g/mol. The highest BCUT2D eigenvalue weighted by atomic mass is 32.2. The number of benzene rings is 1. The van der Waals surface area contributed by atoms with Crippen molar-refractivity contribution in [3.8, 4) is 5.75 Å². The molecule has 2 unspecified atom stereocenters. The summed E-state index contributed by atoms with van der Waals surface area (Å²) in [4.78, 5) is 9.94. The van der Waals surface area contributed by atoms with Crippen molar-refractivity contribution in [1.29, 1.82) is 0 Å². The molecule has 4 rings (SSSR count). The van der Waals surface area contributed by atoms with Gasteiger partial charge in [0, 0.05) is 29.3 Å². The third-order valence-electron chi connectivity index (χ3n) is 5.03. The van der Waals surface area contributed by atoms with E-state index < -0.39 is 10.0 Å². The number of nitrogens with zero attached hydrogens (tertiary/aromatic N) is 2. The van der Waals surface area contributed by atoms with Crippen LogP contribution in [0.4, 0.5) is 11.4 Å². The van der Waals surface area contributed by atoms with Crippen LogP contribution in [0.25, 0.3) is 0 Å². The molecule has 8 nitrogen and oxygen atoms in total. The molecule has 0 radical (unpaired) electrons. The molecule has 0 saturated carbocycles. The van der Waals surface area contributed by atoms with Crippen molar-refractivity contribution in [2.24, 2.45) is 0 Å². The summed E-state index contributed by atoms with van der Waals surface area (Å²) in [7, 11) is -1.95. The Morgan fingerprint density at radius 3 is 2.61 bits per heavy atom. The third-order valence-corrected chi connectivity index (χ3v) is 5.94. The maximum Gasteiger partial charge on any atom is 0.229 e. The van der Waals surface area contributed by atoms with Gasteiger partial charge in [-0.05, 0) is 55.5 Å². The van der Waals surface area contributed by atoms with Crippen LogP contribution in [0.1, 0.15) is 29.2 Å². The summed E-state index contributed by atoms with van der Waals surface area (Å²) in [6.07, 6.45) is 2.86. The van der Waals surface area contributed by atoms with Gasteiger partial charge in [0.25, 0.3) is 0 Å². The summed E-state index contributed by atoms with van der Waals surface area (Å²) in [5, 5.41) is 3.93. The molecule has 31 heavy (non-hydrogen) atoms. The maximum absolute atomic E-state index is 11.7. The summed E-state index contributed by atoms with van der Waals surface area (Å²) in [5.74, 6) is 0.397. The number of aryl methyl sites for hydroxylation is 1. The van der Waals surface area contributed by atoms with E-state index in [1.807, 2.05) is 48.2 Å². The second-order valence-corrected chi connectivity index (χ2v) is 9.49. The van der Waals surface area contributed by atoms with Crippen LogP contribution in [0.5, 0.6) is 5.75 Å². The van der Waals surface area contributed by atoms with Crippen LogP contribution in [0.3, 0.4) is 0 Å². The normalized spacial score (nSPS) is 18.7. The van der Waals surface area contributed by atoms with Crippen molar-refractivity contribution in [3.05, 3.63) is 71.8 Å². The number of sulfonamides is 1. The molecule has 162 valence electrons. The molecule has 1 aromatic carbocycles. The molecule has 3 aromatic rings. The molecule has 1 saturated heterocycles. The molecular formula is C21H23N5O3S2. The van der Waals surface area contributed by atoms with E-state index in [9.17, 15) is 8.42 Å². The third kappa shape index (κ3) is 4.35. The Kier molecular flexibility index (Phi) is 5.59. The van der Waals surface area contributed by atoms with Gasteiger partial charge in [0.05, 0.1) is 30.8 Å². The van der Waals surface area contributed by atoms with Gasteiger partial charge in [-0.1, -0.05) is 6.07 Å². The molecule has 3 N–H and O–H groups in total. The number of hydrogen-bond acceptors (Lipinski definition) is 5. The maximum atomic E-state index is 11.7. The fraction of sp³-hybridized carbons (Fsp3) is 0.238. The first-order valence-electron chi connectivity index (χ1n) is 9.59. The fourth-order valence-electron chi connectivity index (χ4n) is 3.76. The van der Waals surface area contributed by atoms with Crippen molar-refractivity contribution in [2.75, 3.05) is 23.0 Å². The zero-order chi connectivity index (χ0) is 22.2. The molecule has 1 fully saturated rings. The van der Waals surface area contributed by atoms with E-state index >= 15 is 0 Å². The molecule has 1 aliphatic rings. The SMILES string of the molecule is COc1cc(N2C(=S)NC(c3ccccn3)C2c2ccc(C)[nH]2)ccc1NS(C)(=O)=O. The van der Waals surface area contributed by atoms with Crippen molar-refractivity contribution in [1.82, 2.24) is 15.3 Å². The number of aromatic amines is 1. The lowest BCUT2D eigenvalue weighted by Crippen LogP contribution is -2.29. The van der Waals surface area contributed by atoms with Gasteiger partial charge in [0.15, 0.2) is 5.11 Å². The Labute approximate surface area is 186 Å². The highest BCUT2D eigenvalue weighted by molar-refractivity contribution is 7.92. The Morgan fingerprint density at radius 2 is 2.00 bits per heavy atom. The largest absolute Gasteiger partial charge is 0.494 e. The second kappa shape index (κ2) is 8.20. The van der Waals surface area contributed by atoms with Gasteiger partial charge in [0.2, 0.25) is 10.0 Å². The molecule has 2 aromatic heterocycles. The lowest BCUT2D eigenvalue weighted by Gasteiger charge is -2.27. The van der Waals surface area contributed by atoms with Gasteiger partial charge in [-0.15, -0.1) is 0 Å².